The van der Waals surface area contributed by atoms with Gasteiger partial charge in [-0.1, -0.05) is 0 Å². The lowest BCUT2D eigenvalue weighted by Crippen LogP contribution is -2.51. The molecule has 7 nitrogen and oxygen atoms in total. The number of fused-ring (bicyclic) bond motifs is 1. The maximum atomic E-state index is 13.1. The average Bonchev–Trinajstić information content (AvgIpc) is 3.10. The number of piperidine rings is 1. The summed E-state index contributed by atoms with van der Waals surface area (Å²) in [5, 5.41) is 3.33. The van der Waals surface area contributed by atoms with Gasteiger partial charge >= 0.3 is 6.18 Å². The summed E-state index contributed by atoms with van der Waals surface area (Å²) in [4.78, 5) is 18.8. The third-order valence-corrected chi connectivity index (χ3v) is 5.82. The predicted octanol–water partition coefficient (Wildman–Crippen LogP) is 2.64. The SMILES string of the molecule is FC(F)(F)c1cn2c(-c3nccc(N4CCCC(C5CNC5)C4)n3)cnc2cn1. The molecule has 1 unspecified atom stereocenters. The van der Waals surface area contributed by atoms with Crippen LogP contribution in [0, 0.1) is 11.8 Å². The topological polar surface area (TPSA) is 71.2 Å². The fourth-order valence-electron chi connectivity index (χ4n) is 4.10. The smallest absolute Gasteiger partial charge is 0.356 e. The minimum absolute atomic E-state index is 0.317. The van der Waals surface area contributed by atoms with Gasteiger partial charge in [0.15, 0.2) is 17.2 Å². The van der Waals surface area contributed by atoms with Crippen molar-refractivity contribution in [2.24, 2.45) is 11.8 Å². The van der Waals surface area contributed by atoms with E-state index in [-0.39, 0.29) is 0 Å². The van der Waals surface area contributed by atoms with Crippen LogP contribution in [-0.2, 0) is 6.18 Å². The Morgan fingerprint density at radius 2 is 1.93 bits per heavy atom. The Balaban J connectivity index is 1.46. The van der Waals surface area contributed by atoms with E-state index >= 15 is 0 Å². The van der Waals surface area contributed by atoms with Crippen molar-refractivity contribution in [3.63, 3.8) is 0 Å². The molecule has 0 bridgehead atoms. The van der Waals surface area contributed by atoms with Crippen molar-refractivity contribution in [2.45, 2.75) is 19.0 Å². The molecule has 1 N–H and O–H groups in total. The van der Waals surface area contributed by atoms with Crippen LogP contribution in [0.3, 0.4) is 0 Å². The van der Waals surface area contributed by atoms with Crippen LogP contribution >= 0.6 is 0 Å². The molecule has 29 heavy (non-hydrogen) atoms. The van der Waals surface area contributed by atoms with E-state index in [0.717, 1.165) is 50.8 Å². The Morgan fingerprint density at radius 1 is 1.07 bits per heavy atom. The van der Waals surface area contributed by atoms with Gasteiger partial charge < -0.3 is 10.2 Å². The Morgan fingerprint density at radius 3 is 2.69 bits per heavy atom. The molecule has 152 valence electrons. The highest BCUT2D eigenvalue weighted by Crippen LogP contribution is 2.31. The molecule has 5 rings (SSSR count). The molecular weight excluding hydrogens is 383 g/mol. The van der Waals surface area contributed by atoms with Gasteiger partial charge in [0, 0.05) is 25.5 Å². The number of hydrogen-bond donors (Lipinski definition) is 1. The molecule has 2 fully saturated rings. The molecule has 2 saturated heterocycles. The molecule has 0 spiro atoms. The fraction of sp³-hybridized carbons (Fsp3) is 0.474. The summed E-state index contributed by atoms with van der Waals surface area (Å²) in [6.45, 7) is 4.01. The number of nitrogens with one attached hydrogen (secondary N) is 1. The molecule has 2 aliphatic heterocycles. The predicted molar refractivity (Wildman–Crippen MR) is 100 cm³/mol. The second kappa shape index (κ2) is 6.94. The summed E-state index contributed by atoms with van der Waals surface area (Å²) in [7, 11) is 0. The normalized spacial score (nSPS) is 20.8. The molecule has 5 heterocycles. The van der Waals surface area contributed by atoms with Crippen LogP contribution in [0.25, 0.3) is 17.2 Å². The second-order valence-corrected chi connectivity index (χ2v) is 7.65. The maximum absolute atomic E-state index is 13.1. The van der Waals surface area contributed by atoms with Crippen molar-refractivity contribution in [3.8, 4) is 11.5 Å². The monoisotopic (exact) mass is 403 g/mol. The van der Waals surface area contributed by atoms with Crippen LogP contribution in [0.15, 0.2) is 30.9 Å². The first-order valence-electron chi connectivity index (χ1n) is 9.68. The van der Waals surface area contributed by atoms with Crippen molar-refractivity contribution in [1.82, 2.24) is 29.7 Å². The number of imidazole rings is 1. The molecular formula is C19H20F3N7. The molecule has 0 aromatic carbocycles. The summed E-state index contributed by atoms with van der Waals surface area (Å²) in [5.74, 6) is 2.50. The van der Waals surface area contributed by atoms with Crippen molar-refractivity contribution < 1.29 is 13.2 Å². The quantitative estimate of drug-likeness (QED) is 0.725. The zero-order chi connectivity index (χ0) is 20.0. The molecule has 3 aromatic rings. The molecule has 0 aliphatic carbocycles. The highest BCUT2D eigenvalue weighted by molar-refractivity contribution is 5.58. The standard InChI is InChI=1S/C19H20F3N7/c20-19(21,22)15-11-29-14(8-26-17(29)9-25-15)18-24-4-3-16(27-18)28-5-1-2-12(10-28)13-6-23-7-13/h3-4,8-9,11-13,23H,1-2,5-7,10H2. The van der Waals surface area contributed by atoms with E-state index < -0.39 is 11.9 Å². The van der Waals surface area contributed by atoms with Gasteiger partial charge in [-0.25, -0.2) is 19.9 Å². The third-order valence-electron chi connectivity index (χ3n) is 5.82. The highest BCUT2D eigenvalue weighted by Gasteiger charge is 2.34. The van der Waals surface area contributed by atoms with Gasteiger partial charge in [0.1, 0.15) is 11.5 Å². The molecule has 3 aromatic heterocycles. The maximum Gasteiger partial charge on any atom is 0.434 e. The zero-order valence-corrected chi connectivity index (χ0v) is 15.6. The Hall–Kier alpha value is -2.75. The van der Waals surface area contributed by atoms with Gasteiger partial charge in [-0.3, -0.25) is 4.40 Å². The number of halogens is 3. The highest BCUT2D eigenvalue weighted by atomic mass is 19.4. The minimum Gasteiger partial charge on any atom is -0.356 e. The number of hydrogen-bond acceptors (Lipinski definition) is 6. The zero-order valence-electron chi connectivity index (χ0n) is 15.6. The van der Waals surface area contributed by atoms with Crippen molar-refractivity contribution in [3.05, 3.63) is 36.5 Å². The first kappa shape index (κ1) is 18.3. The lowest BCUT2D eigenvalue weighted by molar-refractivity contribution is -0.141. The molecule has 0 saturated carbocycles. The molecule has 2 aliphatic rings. The number of aromatic nitrogens is 5. The second-order valence-electron chi connectivity index (χ2n) is 7.65. The van der Waals surface area contributed by atoms with Crippen LogP contribution in [0.2, 0.25) is 0 Å². The van der Waals surface area contributed by atoms with Crippen LogP contribution in [0.4, 0.5) is 19.0 Å². The van der Waals surface area contributed by atoms with Crippen molar-refractivity contribution >= 4 is 11.5 Å². The van der Waals surface area contributed by atoms with E-state index in [9.17, 15) is 13.2 Å². The minimum atomic E-state index is -4.53. The summed E-state index contributed by atoms with van der Waals surface area (Å²) in [6.07, 6.45) is 2.98. The number of anilines is 1. The third kappa shape index (κ3) is 3.41. The Bertz CT molecular complexity index is 1030. The molecule has 10 heteroatoms. The molecule has 0 radical (unpaired) electrons. The lowest BCUT2D eigenvalue weighted by atomic mass is 9.82. The van der Waals surface area contributed by atoms with Gasteiger partial charge in [0.25, 0.3) is 0 Å². The lowest BCUT2D eigenvalue weighted by Gasteiger charge is -2.41. The van der Waals surface area contributed by atoms with E-state index in [1.807, 2.05) is 6.07 Å². The number of alkyl halides is 3. The first-order chi connectivity index (χ1) is 14.0. The van der Waals surface area contributed by atoms with E-state index in [0.29, 0.717) is 29.0 Å². The van der Waals surface area contributed by atoms with Crippen molar-refractivity contribution in [1.29, 1.82) is 0 Å². The summed E-state index contributed by atoms with van der Waals surface area (Å²) >= 11 is 0. The van der Waals surface area contributed by atoms with Gasteiger partial charge in [-0.05, 0) is 43.8 Å². The van der Waals surface area contributed by atoms with E-state index in [2.05, 4.69) is 30.2 Å². The largest absolute Gasteiger partial charge is 0.434 e. The van der Waals surface area contributed by atoms with Gasteiger partial charge in [0.05, 0.1) is 12.4 Å². The summed E-state index contributed by atoms with van der Waals surface area (Å²) in [5.41, 5.74) is -0.252. The average molecular weight is 403 g/mol. The van der Waals surface area contributed by atoms with E-state index in [4.69, 9.17) is 0 Å². The number of rotatable bonds is 3. The Kier molecular flexibility index (Phi) is 4.38. The fourth-order valence-corrected chi connectivity index (χ4v) is 4.10. The summed E-state index contributed by atoms with van der Waals surface area (Å²) < 4.78 is 40.5. The summed E-state index contributed by atoms with van der Waals surface area (Å²) in [6, 6.07) is 1.86. The van der Waals surface area contributed by atoms with Crippen LogP contribution in [-0.4, -0.2) is 50.5 Å². The van der Waals surface area contributed by atoms with Crippen LogP contribution in [0.1, 0.15) is 18.5 Å². The van der Waals surface area contributed by atoms with Gasteiger partial charge in [0.2, 0.25) is 0 Å². The van der Waals surface area contributed by atoms with E-state index in [1.165, 1.54) is 17.0 Å². The van der Waals surface area contributed by atoms with Gasteiger partial charge in [-0.2, -0.15) is 13.2 Å². The first-order valence-corrected chi connectivity index (χ1v) is 9.68. The molecule has 1 atom stereocenters. The van der Waals surface area contributed by atoms with Crippen molar-refractivity contribution in [2.75, 3.05) is 31.1 Å². The number of nitrogens with zero attached hydrogens (tertiary/aromatic N) is 6. The van der Waals surface area contributed by atoms with Gasteiger partial charge in [-0.15, -0.1) is 0 Å². The molecule has 0 amide bonds. The van der Waals surface area contributed by atoms with Crippen LogP contribution < -0.4 is 10.2 Å². The van der Waals surface area contributed by atoms with E-state index in [1.54, 1.807) is 6.20 Å². The Labute approximate surface area is 165 Å². The van der Waals surface area contributed by atoms with Crippen LogP contribution in [0.5, 0.6) is 0 Å².